The van der Waals surface area contributed by atoms with Crippen molar-refractivity contribution in [2.75, 3.05) is 40.4 Å². The number of hydrogen-bond donors (Lipinski definition) is 0. The second kappa shape index (κ2) is 9.34. The fourth-order valence-corrected chi connectivity index (χ4v) is 5.71. The number of benzene rings is 2. The Morgan fingerprint density at radius 3 is 2.34 bits per heavy atom. The predicted molar refractivity (Wildman–Crippen MR) is 122 cm³/mol. The molecule has 1 aliphatic heterocycles. The van der Waals surface area contributed by atoms with E-state index in [1.807, 2.05) is 18.2 Å². The zero-order chi connectivity index (χ0) is 22.7. The van der Waals surface area contributed by atoms with Crippen LogP contribution in [0.2, 0.25) is 0 Å². The second-order valence-corrected chi connectivity index (χ2v) is 9.90. The smallest absolute Gasteiger partial charge is 0.246 e. The average molecular weight is 457 g/mol. The van der Waals surface area contributed by atoms with Gasteiger partial charge in [-0.15, -0.1) is 0 Å². The van der Waals surface area contributed by atoms with Crippen LogP contribution >= 0.6 is 0 Å². The van der Waals surface area contributed by atoms with Gasteiger partial charge in [0, 0.05) is 32.3 Å². The molecule has 2 aromatic rings. The predicted octanol–water partition coefficient (Wildman–Crippen LogP) is 2.74. The molecule has 1 fully saturated rings. The van der Waals surface area contributed by atoms with E-state index in [2.05, 4.69) is 0 Å². The van der Waals surface area contributed by atoms with E-state index in [1.165, 1.54) is 15.9 Å². The van der Waals surface area contributed by atoms with E-state index >= 15 is 0 Å². The summed E-state index contributed by atoms with van der Waals surface area (Å²) in [7, 11) is -0.418. The van der Waals surface area contributed by atoms with Crippen molar-refractivity contribution in [3.05, 3.63) is 59.2 Å². The van der Waals surface area contributed by atoms with Gasteiger partial charge in [0.15, 0.2) is 11.5 Å². The van der Waals surface area contributed by atoms with Gasteiger partial charge in [-0.2, -0.15) is 4.31 Å². The van der Waals surface area contributed by atoms with Gasteiger partial charge in [0.05, 0.1) is 19.1 Å². The largest absolute Gasteiger partial charge is 0.493 e. The van der Waals surface area contributed by atoms with Crippen molar-refractivity contribution in [3.63, 3.8) is 0 Å². The number of methoxy groups -OCH3 is 2. The summed E-state index contributed by atoms with van der Waals surface area (Å²) < 4.78 is 38.1. The highest BCUT2D eigenvalue weighted by Crippen LogP contribution is 2.28. The minimum atomic E-state index is -3.55. The molecule has 1 amide bonds. The van der Waals surface area contributed by atoms with Crippen molar-refractivity contribution >= 4 is 22.0 Å². The minimum absolute atomic E-state index is 0.144. The molecule has 1 aliphatic carbocycles. The fraction of sp³-hybridized carbons (Fsp3) is 0.375. The summed E-state index contributed by atoms with van der Waals surface area (Å²) in [5.41, 5.74) is 3.20. The Hall–Kier alpha value is -2.84. The zero-order valence-corrected chi connectivity index (χ0v) is 19.2. The van der Waals surface area contributed by atoms with E-state index in [0.29, 0.717) is 29.5 Å². The number of aryl methyl sites for hydroxylation is 2. The van der Waals surface area contributed by atoms with Gasteiger partial charge in [0.25, 0.3) is 0 Å². The van der Waals surface area contributed by atoms with Crippen molar-refractivity contribution in [2.45, 2.75) is 24.2 Å². The molecule has 4 rings (SSSR count). The highest BCUT2D eigenvalue weighted by molar-refractivity contribution is 7.89. The number of piperazine rings is 1. The Balaban J connectivity index is 1.38. The van der Waals surface area contributed by atoms with Crippen LogP contribution in [-0.2, 0) is 27.7 Å². The van der Waals surface area contributed by atoms with Crippen molar-refractivity contribution in [3.8, 4) is 11.5 Å². The molecular formula is C24H28N2O5S. The summed E-state index contributed by atoms with van der Waals surface area (Å²) in [6, 6.07) is 10.9. The average Bonchev–Trinajstić information content (AvgIpc) is 3.30. The number of sulfonamides is 1. The molecule has 0 saturated carbocycles. The molecule has 2 aliphatic rings. The van der Waals surface area contributed by atoms with E-state index in [9.17, 15) is 13.2 Å². The Labute approximate surface area is 189 Å². The number of hydrogen-bond acceptors (Lipinski definition) is 5. The van der Waals surface area contributed by atoms with Crippen LogP contribution in [0.5, 0.6) is 11.5 Å². The van der Waals surface area contributed by atoms with Gasteiger partial charge in [-0.3, -0.25) is 4.79 Å². The van der Waals surface area contributed by atoms with E-state index in [4.69, 9.17) is 9.47 Å². The Kier molecular flexibility index (Phi) is 6.53. The van der Waals surface area contributed by atoms with Gasteiger partial charge in [-0.25, -0.2) is 8.42 Å². The lowest BCUT2D eigenvalue weighted by Gasteiger charge is -2.33. The van der Waals surface area contributed by atoms with Crippen molar-refractivity contribution in [2.24, 2.45) is 0 Å². The molecule has 0 bridgehead atoms. The molecule has 0 unspecified atom stereocenters. The van der Waals surface area contributed by atoms with Crippen LogP contribution in [0, 0.1) is 0 Å². The van der Waals surface area contributed by atoms with Crippen LogP contribution < -0.4 is 9.47 Å². The highest BCUT2D eigenvalue weighted by atomic mass is 32.2. The third-order valence-electron chi connectivity index (χ3n) is 6.08. The van der Waals surface area contributed by atoms with Crippen LogP contribution in [-0.4, -0.2) is 63.9 Å². The van der Waals surface area contributed by atoms with Crippen molar-refractivity contribution in [1.82, 2.24) is 9.21 Å². The number of carbonyl (C=O) groups excluding carboxylic acids is 1. The lowest BCUT2D eigenvalue weighted by atomic mass is 10.1. The van der Waals surface area contributed by atoms with Gasteiger partial charge >= 0.3 is 0 Å². The third-order valence-corrected chi connectivity index (χ3v) is 7.98. The molecule has 7 nitrogen and oxygen atoms in total. The van der Waals surface area contributed by atoms with Gasteiger partial charge in [0.2, 0.25) is 15.9 Å². The van der Waals surface area contributed by atoms with Crippen LogP contribution in [0.4, 0.5) is 0 Å². The highest BCUT2D eigenvalue weighted by Gasteiger charge is 2.30. The fourth-order valence-electron chi connectivity index (χ4n) is 4.24. The Morgan fingerprint density at radius 2 is 1.62 bits per heavy atom. The first-order valence-electron chi connectivity index (χ1n) is 10.7. The van der Waals surface area contributed by atoms with E-state index in [-0.39, 0.29) is 19.0 Å². The maximum atomic E-state index is 13.1. The molecule has 32 heavy (non-hydrogen) atoms. The number of rotatable bonds is 6. The molecule has 0 N–H and O–H groups in total. The van der Waals surface area contributed by atoms with Crippen LogP contribution in [0.25, 0.3) is 6.08 Å². The maximum absolute atomic E-state index is 13.1. The summed E-state index contributed by atoms with van der Waals surface area (Å²) in [6.45, 7) is 1.29. The first-order valence-corrected chi connectivity index (χ1v) is 12.2. The standard InChI is InChI=1S/C24H28N2O5S/c1-30-22-10-6-18(16-23(22)31-2)7-11-24(27)25-12-14-26(15-13-25)32(28,29)21-9-8-19-4-3-5-20(19)17-21/h6-11,16-17H,3-5,12-15H2,1-2H3/b11-7+. The van der Waals surface area contributed by atoms with Gasteiger partial charge in [-0.1, -0.05) is 12.1 Å². The number of carbonyl (C=O) groups is 1. The normalized spacial score (nSPS) is 16.9. The molecule has 0 radical (unpaired) electrons. The topological polar surface area (TPSA) is 76.2 Å². The lowest BCUT2D eigenvalue weighted by Crippen LogP contribution is -2.50. The first kappa shape index (κ1) is 22.4. The number of amides is 1. The molecular weight excluding hydrogens is 428 g/mol. The zero-order valence-electron chi connectivity index (χ0n) is 18.4. The van der Waals surface area contributed by atoms with Gasteiger partial charge in [0.1, 0.15) is 0 Å². The molecule has 0 spiro atoms. The van der Waals surface area contributed by atoms with Crippen LogP contribution in [0.3, 0.4) is 0 Å². The molecule has 0 aromatic heterocycles. The van der Waals surface area contributed by atoms with E-state index < -0.39 is 10.0 Å². The summed E-state index contributed by atoms with van der Waals surface area (Å²) in [5, 5.41) is 0. The molecule has 1 heterocycles. The third kappa shape index (κ3) is 4.52. The van der Waals surface area contributed by atoms with E-state index in [0.717, 1.165) is 30.4 Å². The van der Waals surface area contributed by atoms with E-state index in [1.54, 1.807) is 43.4 Å². The Morgan fingerprint density at radius 1 is 0.906 bits per heavy atom. The molecule has 8 heteroatoms. The van der Waals surface area contributed by atoms with Crippen LogP contribution in [0.15, 0.2) is 47.4 Å². The van der Waals surface area contributed by atoms with Gasteiger partial charge in [-0.05, 0) is 66.3 Å². The lowest BCUT2D eigenvalue weighted by molar-refractivity contribution is -0.127. The quantitative estimate of drug-likeness (QED) is 0.625. The van der Waals surface area contributed by atoms with Crippen molar-refractivity contribution < 1.29 is 22.7 Å². The molecule has 0 atom stereocenters. The SMILES string of the molecule is COc1ccc(/C=C/C(=O)N2CCN(S(=O)(=O)c3ccc4c(c3)CCC4)CC2)cc1OC. The second-order valence-electron chi connectivity index (χ2n) is 7.96. The first-order chi connectivity index (χ1) is 15.4. The summed E-state index contributed by atoms with van der Waals surface area (Å²) >= 11 is 0. The van der Waals surface area contributed by atoms with Gasteiger partial charge < -0.3 is 14.4 Å². The number of nitrogens with zero attached hydrogens (tertiary/aromatic N) is 2. The molecule has 2 aromatic carbocycles. The maximum Gasteiger partial charge on any atom is 0.246 e. The summed E-state index contributed by atoms with van der Waals surface area (Å²) in [5.74, 6) is 1.07. The number of ether oxygens (including phenoxy) is 2. The van der Waals surface area contributed by atoms with Crippen LogP contribution in [0.1, 0.15) is 23.1 Å². The number of fused-ring (bicyclic) bond motifs is 1. The monoisotopic (exact) mass is 456 g/mol. The van der Waals surface area contributed by atoms with Crippen molar-refractivity contribution in [1.29, 1.82) is 0 Å². The molecule has 1 saturated heterocycles. The summed E-state index contributed by atoms with van der Waals surface area (Å²) in [6.07, 6.45) is 6.26. The Bertz CT molecular complexity index is 1140. The summed E-state index contributed by atoms with van der Waals surface area (Å²) in [4.78, 5) is 14.6. The molecule has 170 valence electrons. The minimum Gasteiger partial charge on any atom is -0.493 e.